The van der Waals surface area contributed by atoms with Crippen molar-refractivity contribution in [2.45, 2.75) is 32.3 Å². The third kappa shape index (κ3) is 3.37. The molecular weight excluding hydrogens is 258 g/mol. The summed E-state index contributed by atoms with van der Waals surface area (Å²) in [6, 6.07) is 0. The number of aryl methyl sites for hydroxylation is 2. The van der Waals surface area contributed by atoms with Gasteiger partial charge in [0.15, 0.2) is 0 Å². The van der Waals surface area contributed by atoms with Gasteiger partial charge < -0.3 is 14.7 Å². The highest BCUT2D eigenvalue weighted by Crippen LogP contribution is 2.18. The Morgan fingerprint density at radius 1 is 1.50 bits per heavy atom. The minimum absolute atomic E-state index is 0.0503. The number of hydrogen-bond donors (Lipinski definition) is 1. The number of aliphatic hydroxyl groups is 1. The number of rotatable bonds is 5. The molecule has 0 atom stereocenters. The molecule has 0 saturated carbocycles. The number of piperidine rings is 1. The molecule has 20 heavy (non-hydrogen) atoms. The minimum Gasteiger partial charge on any atom is -0.394 e. The van der Waals surface area contributed by atoms with Gasteiger partial charge in [-0.1, -0.05) is 6.92 Å². The zero-order valence-corrected chi connectivity index (χ0v) is 12.2. The van der Waals surface area contributed by atoms with E-state index in [1.54, 1.807) is 10.9 Å². The van der Waals surface area contributed by atoms with Crippen LogP contribution in [0.15, 0.2) is 6.20 Å². The second-order valence-electron chi connectivity index (χ2n) is 5.10. The van der Waals surface area contributed by atoms with Crippen LogP contribution in [0.1, 0.15) is 35.8 Å². The molecule has 6 heteroatoms. The van der Waals surface area contributed by atoms with E-state index in [1.807, 2.05) is 18.9 Å². The van der Waals surface area contributed by atoms with Crippen molar-refractivity contribution in [1.29, 1.82) is 0 Å². The summed E-state index contributed by atoms with van der Waals surface area (Å²) in [6.45, 7) is 3.84. The van der Waals surface area contributed by atoms with Gasteiger partial charge in [-0.05, 0) is 19.3 Å². The van der Waals surface area contributed by atoms with E-state index in [2.05, 4.69) is 5.10 Å². The summed E-state index contributed by atoms with van der Waals surface area (Å²) in [6.07, 6.45) is 4.37. The van der Waals surface area contributed by atoms with Crippen molar-refractivity contribution in [2.75, 3.05) is 26.3 Å². The number of ether oxygens (including phenoxy) is 1. The Kier molecular flexibility index (Phi) is 5.14. The molecule has 0 bridgehead atoms. The van der Waals surface area contributed by atoms with Crippen molar-refractivity contribution in [2.24, 2.45) is 7.05 Å². The van der Waals surface area contributed by atoms with Crippen molar-refractivity contribution in [3.8, 4) is 0 Å². The van der Waals surface area contributed by atoms with E-state index in [1.165, 1.54) is 0 Å². The number of hydrogen-bond acceptors (Lipinski definition) is 4. The van der Waals surface area contributed by atoms with E-state index in [9.17, 15) is 4.79 Å². The van der Waals surface area contributed by atoms with E-state index < -0.39 is 0 Å². The van der Waals surface area contributed by atoms with Gasteiger partial charge in [-0.2, -0.15) is 5.10 Å². The lowest BCUT2D eigenvalue weighted by atomic mass is 10.1. The second kappa shape index (κ2) is 6.85. The van der Waals surface area contributed by atoms with E-state index in [0.29, 0.717) is 25.3 Å². The van der Waals surface area contributed by atoms with Crippen LogP contribution in [0.3, 0.4) is 0 Å². The van der Waals surface area contributed by atoms with E-state index >= 15 is 0 Å². The molecule has 1 aliphatic heterocycles. The molecule has 1 aromatic rings. The van der Waals surface area contributed by atoms with Crippen LogP contribution >= 0.6 is 0 Å². The molecule has 1 amide bonds. The van der Waals surface area contributed by atoms with Crippen LogP contribution in [0.5, 0.6) is 0 Å². The molecule has 0 unspecified atom stereocenters. The van der Waals surface area contributed by atoms with Crippen LogP contribution in [0.2, 0.25) is 0 Å². The summed E-state index contributed by atoms with van der Waals surface area (Å²) in [5.74, 6) is 0.0653. The molecule has 1 aromatic heterocycles. The molecule has 112 valence electrons. The lowest BCUT2D eigenvalue weighted by Gasteiger charge is -2.31. The predicted octanol–water partition coefficient (Wildman–Crippen LogP) is 0.596. The fourth-order valence-electron chi connectivity index (χ4n) is 2.59. The molecule has 0 spiro atoms. The third-order valence-corrected chi connectivity index (χ3v) is 3.64. The maximum Gasteiger partial charge on any atom is 0.257 e. The first-order valence-corrected chi connectivity index (χ1v) is 7.20. The molecule has 0 radical (unpaired) electrons. The summed E-state index contributed by atoms with van der Waals surface area (Å²) in [4.78, 5) is 14.4. The Labute approximate surface area is 119 Å². The standard InChI is InChI=1S/C14H23N3O3/c1-3-13-12(10-16(2)15-13)14(19)17-6-4-11(5-7-17)20-9-8-18/h10-11,18H,3-9H2,1-2H3. The average molecular weight is 281 g/mol. The number of amides is 1. The molecule has 0 aromatic carbocycles. The highest BCUT2D eigenvalue weighted by molar-refractivity contribution is 5.95. The van der Waals surface area contributed by atoms with E-state index in [0.717, 1.165) is 25.0 Å². The van der Waals surface area contributed by atoms with Gasteiger partial charge in [-0.25, -0.2) is 0 Å². The highest BCUT2D eigenvalue weighted by Gasteiger charge is 2.26. The van der Waals surface area contributed by atoms with Crippen LogP contribution in [0, 0.1) is 0 Å². The molecule has 1 saturated heterocycles. The first-order valence-electron chi connectivity index (χ1n) is 7.20. The lowest BCUT2D eigenvalue weighted by Crippen LogP contribution is -2.41. The average Bonchev–Trinajstić information content (AvgIpc) is 2.86. The van der Waals surface area contributed by atoms with Gasteiger partial charge in [-0.3, -0.25) is 9.48 Å². The Balaban J connectivity index is 1.94. The van der Waals surface area contributed by atoms with Crippen molar-refractivity contribution >= 4 is 5.91 Å². The fraction of sp³-hybridized carbons (Fsp3) is 0.714. The second-order valence-corrected chi connectivity index (χ2v) is 5.10. The zero-order valence-electron chi connectivity index (χ0n) is 12.2. The summed E-state index contributed by atoms with van der Waals surface area (Å²) >= 11 is 0. The number of likely N-dealkylation sites (tertiary alicyclic amines) is 1. The van der Waals surface area contributed by atoms with Gasteiger partial charge in [0.25, 0.3) is 5.91 Å². The summed E-state index contributed by atoms with van der Waals surface area (Å²) < 4.78 is 7.21. The van der Waals surface area contributed by atoms with Crippen LogP contribution in [0.25, 0.3) is 0 Å². The molecular formula is C14H23N3O3. The molecule has 6 nitrogen and oxygen atoms in total. The first kappa shape index (κ1) is 15.0. The van der Waals surface area contributed by atoms with Crippen LogP contribution in [-0.4, -0.2) is 58.1 Å². The zero-order chi connectivity index (χ0) is 14.5. The summed E-state index contributed by atoms with van der Waals surface area (Å²) in [5.41, 5.74) is 1.57. The Morgan fingerprint density at radius 2 is 2.20 bits per heavy atom. The van der Waals surface area contributed by atoms with Gasteiger partial charge in [0, 0.05) is 26.3 Å². The van der Waals surface area contributed by atoms with Crippen molar-refractivity contribution in [3.05, 3.63) is 17.5 Å². The Bertz CT molecular complexity index is 451. The number of aromatic nitrogens is 2. The van der Waals surface area contributed by atoms with Crippen LogP contribution < -0.4 is 0 Å². The largest absolute Gasteiger partial charge is 0.394 e. The van der Waals surface area contributed by atoms with Crippen molar-refractivity contribution in [3.63, 3.8) is 0 Å². The number of carbonyl (C=O) groups excluding carboxylic acids is 1. The molecule has 2 heterocycles. The van der Waals surface area contributed by atoms with Gasteiger partial charge in [0.05, 0.1) is 30.6 Å². The smallest absolute Gasteiger partial charge is 0.257 e. The number of nitrogens with zero attached hydrogens (tertiary/aromatic N) is 3. The number of aliphatic hydroxyl groups excluding tert-OH is 1. The highest BCUT2D eigenvalue weighted by atomic mass is 16.5. The monoisotopic (exact) mass is 281 g/mol. The van der Waals surface area contributed by atoms with Crippen LogP contribution in [0.4, 0.5) is 0 Å². The van der Waals surface area contributed by atoms with Crippen molar-refractivity contribution < 1.29 is 14.6 Å². The van der Waals surface area contributed by atoms with Gasteiger partial charge in [0.2, 0.25) is 0 Å². The van der Waals surface area contributed by atoms with Gasteiger partial charge in [0.1, 0.15) is 0 Å². The summed E-state index contributed by atoms with van der Waals surface area (Å²) in [5, 5.41) is 13.1. The first-order chi connectivity index (χ1) is 9.65. The maximum absolute atomic E-state index is 12.5. The van der Waals surface area contributed by atoms with Gasteiger partial charge >= 0.3 is 0 Å². The molecule has 1 aliphatic rings. The topological polar surface area (TPSA) is 67.6 Å². The fourth-order valence-corrected chi connectivity index (χ4v) is 2.59. The quantitative estimate of drug-likeness (QED) is 0.858. The third-order valence-electron chi connectivity index (χ3n) is 3.64. The molecule has 1 fully saturated rings. The molecule has 1 N–H and O–H groups in total. The van der Waals surface area contributed by atoms with Gasteiger partial charge in [-0.15, -0.1) is 0 Å². The predicted molar refractivity (Wildman–Crippen MR) is 74.5 cm³/mol. The Hall–Kier alpha value is -1.40. The number of carbonyl (C=O) groups is 1. The molecule has 0 aliphatic carbocycles. The van der Waals surface area contributed by atoms with Crippen molar-refractivity contribution in [1.82, 2.24) is 14.7 Å². The lowest BCUT2D eigenvalue weighted by molar-refractivity contribution is -0.00556. The Morgan fingerprint density at radius 3 is 2.80 bits per heavy atom. The van der Waals surface area contributed by atoms with E-state index in [4.69, 9.17) is 9.84 Å². The normalized spacial score (nSPS) is 16.6. The van der Waals surface area contributed by atoms with Crippen LogP contribution in [-0.2, 0) is 18.2 Å². The maximum atomic E-state index is 12.5. The van der Waals surface area contributed by atoms with E-state index in [-0.39, 0.29) is 18.6 Å². The minimum atomic E-state index is 0.0503. The SMILES string of the molecule is CCc1nn(C)cc1C(=O)N1CCC(OCCO)CC1. The summed E-state index contributed by atoms with van der Waals surface area (Å²) in [7, 11) is 1.84. The molecule has 2 rings (SSSR count).